The molecule has 0 saturated carbocycles. The first-order chi connectivity index (χ1) is 7.49. The van der Waals surface area contributed by atoms with Crippen LogP contribution >= 0.6 is 0 Å². The number of ether oxygens (including phenoxy) is 1. The van der Waals surface area contributed by atoms with Crippen LogP contribution in [-0.2, 0) is 14.9 Å². The van der Waals surface area contributed by atoms with Crippen LogP contribution in [0.25, 0.3) is 0 Å². The SMILES string of the molecule is CCCCCCCCC(CS(=O)(=O)O)OC. The zero-order valence-electron chi connectivity index (χ0n) is 10.3. The molecular weight excluding hydrogens is 228 g/mol. The molecule has 0 aliphatic carbocycles. The first-order valence-electron chi connectivity index (χ1n) is 5.97. The van der Waals surface area contributed by atoms with Crippen molar-refractivity contribution in [3.63, 3.8) is 0 Å². The van der Waals surface area contributed by atoms with Gasteiger partial charge in [-0.25, -0.2) is 0 Å². The second kappa shape index (κ2) is 8.96. The molecule has 1 N–H and O–H groups in total. The topological polar surface area (TPSA) is 63.6 Å². The van der Waals surface area contributed by atoms with Crippen molar-refractivity contribution in [1.82, 2.24) is 0 Å². The average molecular weight is 252 g/mol. The zero-order chi connectivity index (χ0) is 12.4. The normalized spacial score (nSPS) is 13.9. The molecule has 1 unspecified atom stereocenters. The van der Waals surface area contributed by atoms with Crippen molar-refractivity contribution in [3.8, 4) is 0 Å². The van der Waals surface area contributed by atoms with Crippen LogP contribution in [0.15, 0.2) is 0 Å². The van der Waals surface area contributed by atoms with Gasteiger partial charge >= 0.3 is 0 Å². The third-order valence-electron chi connectivity index (χ3n) is 2.61. The molecule has 0 saturated heterocycles. The maximum absolute atomic E-state index is 10.7. The Bertz CT molecular complexity index is 249. The monoisotopic (exact) mass is 252 g/mol. The predicted molar refractivity (Wildman–Crippen MR) is 65.2 cm³/mol. The molecule has 0 rings (SSSR count). The smallest absolute Gasteiger partial charge is 0.267 e. The maximum Gasteiger partial charge on any atom is 0.267 e. The fraction of sp³-hybridized carbons (Fsp3) is 1.00. The van der Waals surface area contributed by atoms with E-state index in [-0.39, 0.29) is 11.9 Å². The summed E-state index contributed by atoms with van der Waals surface area (Å²) >= 11 is 0. The van der Waals surface area contributed by atoms with Crippen LogP contribution in [0.4, 0.5) is 0 Å². The molecule has 0 aliphatic rings. The fourth-order valence-corrected chi connectivity index (χ4v) is 2.43. The number of hydrogen-bond acceptors (Lipinski definition) is 3. The van der Waals surface area contributed by atoms with Gasteiger partial charge in [0.1, 0.15) is 5.75 Å². The van der Waals surface area contributed by atoms with E-state index in [9.17, 15) is 8.42 Å². The van der Waals surface area contributed by atoms with Crippen LogP contribution in [-0.4, -0.2) is 31.9 Å². The van der Waals surface area contributed by atoms with Crippen LogP contribution in [0.5, 0.6) is 0 Å². The van der Waals surface area contributed by atoms with E-state index in [1.807, 2.05) is 0 Å². The second-order valence-corrected chi connectivity index (χ2v) is 5.66. The summed E-state index contributed by atoms with van der Waals surface area (Å²) in [6.45, 7) is 2.17. The highest BCUT2D eigenvalue weighted by Gasteiger charge is 2.15. The Kier molecular flexibility index (Phi) is 8.89. The van der Waals surface area contributed by atoms with Gasteiger partial charge in [0.25, 0.3) is 10.1 Å². The molecule has 0 heterocycles. The van der Waals surface area contributed by atoms with Gasteiger partial charge < -0.3 is 4.74 Å². The average Bonchev–Trinajstić information content (AvgIpc) is 2.19. The fourth-order valence-electron chi connectivity index (χ4n) is 1.66. The molecule has 0 aromatic heterocycles. The summed E-state index contributed by atoms with van der Waals surface area (Å²) in [5, 5.41) is 0. The number of methoxy groups -OCH3 is 1. The van der Waals surface area contributed by atoms with Gasteiger partial charge in [-0.15, -0.1) is 0 Å². The Balaban J connectivity index is 3.56. The summed E-state index contributed by atoms with van der Waals surface area (Å²) in [5.74, 6) is -0.293. The van der Waals surface area contributed by atoms with Crippen molar-refractivity contribution in [3.05, 3.63) is 0 Å². The van der Waals surface area contributed by atoms with Gasteiger partial charge in [-0.1, -0.05) is 45.4 Å². The lowest BCUT2D eigenvalue weighted by Crippen LogP contribution is -2.22. The lowest BCUT2D eigenvalue weighted by atomic mass is 10.1. The molecule has 5 heteroatoms. The molecule has 4 nitrogen and oxygen atoms in total. The van der Waals surface area contributed by atoms with E-state index in [2.05, 4.69) is 6.92 Å². The Morgan fingerprint density at radius 3 is 2.19 bits per heavy atom. The highest BCUT2D eigenvalue weighted by Crippen LogP contribution is 2.11. The molecule has 0 amide bonds. The lowest BCUT2D eigenvalue weighted by Gasteiger charge is -2.13. The lowest BCUT2D eigenvalue weighted by molar-refractivity contribution is 0.109. The highest BCUT2D eigenvalue weighted by molar-refractivity contribution is 7.85. The van der Waals surface area contributed by atoms with E-state index in [4.69, 9.17) is 9.29 Å². The van der Waals surface area contributed by atoms with Crippen molar-refractivity contribution in [2.45, 2.75) is 58.0 Å². The molecule has 0 radical (unpaired) electrons. The van der Waals surface area contributed by atoms with E-state index in [1.54, 1.807) is 0 Å². The van der Waals surface area contributed by atoms with Crippen LogP contribution in [0.3, 0.4) is 0 Å². The first-order valence-corrected chi connectivity index (χ1v) is 7.58. The minimum Gasteiger partial charge on any atom is -0.380 e. The predicted octanol–water partition coefficient (Wildman–Crippen LogP) is 2.64. The second-order valence-electron chi connectivity index (χ2n) is 4.16. The van der Waals surface area contributed by atoms with E-state index in [1.165, 1.54) is 32.8 Å². The van der Waals surface area contributed by atoms with E-state index in [0.717, 1.165) is 12.8 Å². The van der Waals surface area contributed by atoms with Crippen molar-refractivity contribution in [2.75, 3.05) is 12.9 Å². The third kappa shape index (κ3) is 10.4. The Hall–Kier alpha value is -0.130. The minimum atomic E-state index is -3.91. The van der Waals surface area contributed by atoms with Crippen molar-refractivity contribution < 1.29 is 17.7 Å². The summed E-state index contributed by atoms with van der Waals surface area (Å²) in [4.78, 5) is 0. The van der Waals surface area contributed by atoms with Crippen LogP contribution in [0.1, 0.15) is 51.9 Å². The van der Waals surface area contributed by atoms with Gasteiger partial charge in [0.15, 0.2) is 0 Å². The molecule has 0 bridgehead atoms. The molecule has 98 valence electrons. The first kappa shape index (κ1) is 15.9. The minimum absolute atomic E-state index is 0.293. The molecule has 0 spiro atoms. The van der Waals surface area contributed by atoms with Gasteiger partial charge in [-0.05, 0) is 6.42 Å². The summed E-state index contributed by atoms with van der Waals surface area (Å²) < 4.78 is 35.0. The number of rotatable bonds is 10. The molecule has 0 aromatic carbocycles. The number of hydrogen-bond donors (Lipinski definition) is 1. The van der Waals surface area contributed by atoms with E-state index >= 15 is 0 Å². The maximum atomic E-state index is 10.7. The summed E-state index contributed by atoms with van der Waals surface area (Å²) in [7, 11) is -2.43. The van der Waals surface area contributed by atoms with Crippen LogP contribution < -0.4 is 0 Å². The van der Waals surface area contributed by atoms with Crippen LogP contribution in [0, 0.1) is 0 Å². The van der Waals surface area contributed by atoms with Gasteiger partial charge in [-0.2, -0.15) is 8.42 Å². The van der Waals surface area contributed by atoms with E-state index < -0.39 is 10.1 Å². The standard InChI is InChI=1S/C11H24O4S/c1-3-4-5-6-7-8-9-11(15-2)10-16(12,13)14/h11H,3-10H2,1-2H3,(H,12,13,14). The van der Waals surface area contributed by atoms with Gasteiger partial charge in [-0.3, -0.25) is 4.55 Å². The molecule has 1 atom stereocenters. The number of unbranched alkanes of at least 4 members (excludes halogenated alkanes) is 5. The molecule has 0 aromatic rings. The van der Waals surface area contributed by atoms with Gasteiger partial charge in [0.05, 0.1) is 6.10 Å². The Morgan fingerprint density at radius 2 is 1.69 bits per heavy atom. The van der Waals surface area contributed by atoms with E-state index in [0.29, 0.717) is 6.42 Å². The Morgan fingerprint density at radius 1 is 1.12 bits per heavy atom. The highest BCUT2D eigenvalue weighted by atomic mass is 32.2. The summed E-state index contributed by atoms with van der Waals surface area (Å²) in [6.07, 6.45) is 7.30. The van der Waals surface area contributed by atoms with Crippen molar-refractivity contribution >= 4 is 10.1 Å². The zero-order valence-corrected chi connectivity index (χ0v) is 11.1. The molecule has 0 fully saturated rings. The molecular formula is C11H24O4S. The van der Waals surface area contributed by atoms with Gasteiger partial charge in [0, 0.05) is 7.11 Å². The Labute approximate surface area is 99.1 Å². The molecule has 0 aliphatic heterocycles. The van der Waals surface area contributed by atoms with Crippen molar-refractivity contribution in [2.24, 2.45) is 0 Å². The quantitative estimate of drug-likeness (QED) is 0.479. The third-order valence-corrected chi connectivity index (χ3v) is 3.40. The summed E-state index contributed by atoms with van der Waals surface area (Å²) in [6, 6.07) is 0. The van der Waals surface area contributed by atoms with Crippen LogP contribution in [0.2, 0.25) is 0 Å². The molecule has 16 heavy (non-hydrogen) atoms. The van der Waals surface area contributed by atoms with Crippen molar-refractivity contribution in [1.29, 1.82) is 0 Å². The van der Waals surface area contributed by atoms with Gasteiger partial charge in [0.2, 0.25) is 0 Å². The largest absolute Gasteiger partial charge is 0.380 e. The summed E-state index contributed by atoms with van der Waals surface area (Å²) in [5.41, 5.74) is 0.